The van der Waals surface area contributed by atoms with Gasteiger partial charge >= 0.3 is 12.1 Å². The summed E-state index contributed by atoms with van der Waals surface area (Å²) < 4.78 is 10.0. The van der Waals surface area contributed by atoms with E-state index in [-0.39, 0.29) is 11.7 Å². The van der Waals surface area contributed by atoms with E-state index in [0.29, 0.717) is 12.8 Å². The highest BCUT2D eigenvalue weighted by molar-refractivity contribution is 5.95. The lowest BCUT2D eigenvalue weighted by molar-refractivity contribution is -0.149. The zero-order valence-corrected chi connectivity index (χ0v) is 11.6. The molecule has 0 aromatic carbocycles. The molecule has 1 saturated heterocycles. The third-order valence-corrected chi connectivity index (χ3v) is 3.49. The fourth-order valence-electron chi connectivity index (χ4n) is 2.81. The molecule has 3 atom stereocenters. The first-order chi connectivity index (χ1) is 8.74. The van der Waals surface area contributed by atoms with E-state index >= 15 is 0 Å². The first-order valence-corrected chi connectivity index (χ1v) is 6.36. The van der Waals surface area contributed by atoms with Gasteiger partial charge in [0.15, 0.2) is 5.78 Å². The average Bonchev–Trinajstić information content (AvgIpc) is 2.81. The van der Waals surface area contributed by atoms with Crippen LogP contribution in [0.25, 0.3) is 0 Å². The summed E-state index contributed by atoms with van der Waals surface area (Å²) in [6, 6.07) is -1.23. The van der Waals surface area contributed by atoms with Crippen LogP contribution in [-0.2, 0) is 19.1 Å². The van der Waals surface area contributed by atoms with Crippen LogP contribution in [-0.4, -0.2) is 47.5 Å². The molecule has 1 aliphatic heterocycles. The molecule has 0 aromatic rings. The maximum Gasteiger partial charge on any atom is 0.411 e. The number of Topliss-reactive ketones (excluding diaryl/α,β-unsaturated/α-hetero) is 1. The molecule has 106 valence electrons. The van der Waals surface area contributed by atoms with Gasteiger partial charge in [0.1, 0.15) is 11.6 Å². The minimum Gasteiger partial charge on any atom is -0.467 e. The van der Waals surface area contributed by atoms with Crippen LogP contribution in [0.3, 0.4) is 0 Å². The number of carbonyl (C=O) groups is 3. The third kappa shape index (κ3) is 2.43. The molecule has 19 heavy (non-hydrogen) atoms. The molecular formula is C13H19NO5. The maximum atomic E-state index is 12.2. The number of carbonyl (C=O) groups excluding carboxylic acids is 3. The zero-order valence-electron chi connectivity index (χ0n) is 11.6. The van der Waals surface area contributed by atoms with E-state index in [2.05, 4.69) is 0 Å². The quantitative estimate of drug-likeness (QED) is 0.667. The van der Waals surface area contributed by atoms with Crippen LogP contribution in [0, 0.1) is 5.92 Å². The molecule has 2 rings (SSSR count). The molecular weight excluding hydrogens is 250 g/mol. The van der Waals surface area contributed by atoms with Gasteiger partial charge in [-0.3, -0.25) is 9.69 Å². The van der Waals surface area contributed by atoms with Gasteiger partial charge in [-0.25, -0.2) is 9.59 Å². The van der Waals surface area contributed by atoms with Crippen LogP contribution in [0.5, 0.6) is 0 Å². The average molecular weight is 269 g/mol. The van der Waals surface area contributed by atoms with Gasteiger partial charge < -0.3 is 9.47 Å². The van der Waals surface area contributed by atoms with Crippen LogP contribution >= 0.6 is 0 Å². The number of nitrogens with zero attached hydrogens (tertiary/aromatic N) is 1. The van der Waals surface area contributed by atoms with Crippen molar-refractivity contribution in [2.75, 3.05) is 7.11 Å². The predicted molar refractivity (Wildman–Crippen MR) is 65.4 cm³/mol. The van der Waals surface area contributed by atoms with Gasteiger partial charge in [0.05, 0.1) is 13.2 Å². The molecule has 0 N–H and O–H groups in total. The lowest BCUT2D eigenvalue weighted by atomic mass is 9.98. The second-order valence-corrected chi connectivity index (χ2v) is 6.04. The molecule has 0 spiro atoms. The van der Waals surface area contributed by atoms with Gasteiger partial charge in [0.2, 0.25) is 0 Å². The lowest BCUT2D eigenvalue weighted by Crippen LogP contribution is -2.53. The summed E-state index contributed by atoms with van der Waals surface area (Å²) in [6.45, 7) is 5.23. The standard InChI is InChI=1S/C13H19NO5/c1-13(2,3)19-12(17)14-8-5-7(6-9(8)15)10(14)11(16)18-4/h7-8,10H,5-6H2,1-4H3/t7?,8?,10-/m0/s1. The summed E-state index contributed by atoms with van der Waals surface area (Å²) in [6.07, 6.45) is 0.241. The van der Waals surface area contributed by atoms with Crippen LogP contribution in [0.4, 0.5) is 4.79 Å². The van der Waals surface area contributed by atoms with E-state index in [1.165, 1.54) is 12.0 Å². The van der Waals surface area contributed by atoms with Crippen LogP contribution in [0.15, 0.2) is 0 Å². The van der Waals surface area contributed by atoms with Gasteiger partial charge in [-0.05, 0) is 33.1 Å². The number of likely N-dealkylation sites (tertiary alicyclic amines) is 1. The van der Waals surface area contributed by atoms with Gasteiger partial charge in [-0.15, -0.1) is 0 Å². The van der Waals surface area contributed by atoms with Gasteiger partial charge in [0.25, 0.3) is 0 Å². The second kappa shape index (κ2) is 4.51. The van der Waals surface area contributed by atoms with E-state index in [1.807, 2.05) is 0 Å². The Morgan fingerprint density at radius 2 is 1.95 bits per heavy atom. The fourth-order valence-corrected chi connectivity index (χ4v) is 2.81. The molecule has 1 aliphatic carbocycles. The molecule has 1 heterocycles. The number of esters is 1. The van der Waals surface area contributed by atoms with E-state index in [0.717, 1.165) is 0 Å². The number of amides is 1. The molecule has 2 unspecified atom stereocenters. The minimum absolute atomic E-state index is 0.00369. The Kier molecular flexibility index (Phi) is 3.28. The Labute approximate surface area is 112 Å². The van der Waals surface area contributed by atoms with Crippen molar-refractivity contribution >= 4 is 17.8 Å². The lowest BCUT2D eigenvalue weighted by Gasteiger charge is -2.34. The molecule has 1 saturated carbocycles. The van der Waals surface area contributed by atoms with Gasteiger partial charge in [-0.2, -0.15) is 0 Å². The van der Waals surface area contributed by atoms with E-state index < -0.39 is 29.7 Å². The highest BCUT2D eigenvalue weighted by Crippen LogP contribution is 2.41. The Morgan fingerprint density at radius 3 is 2.47 bits per heavy atom. The zero-order chi connectivity index (χ0) is 14.4. The highest BCUT2D eigenvalue weighted by atomic mass is 16.6. The number of rotatable bonds is 1. The Hall–Kier alpha value is -1.59. The molecule has 1 amide bonds. The van der Waals surface area contributed by atoms with E-state index in [1.54, 1.807) is 20.8 Å². The normalized spacial score (nSPS) is 29.6. The number of hydrogen-bond donors (Lipinski definition) is 0. The first-order valence-electron chi connectivity index (χ1n) is 6.36. The molecule has 0 aromatic heterocycles. The molecule has 2 aliphatic rings. The number of methoxy groups -OCH3 is 1. The van der Waals surface area contributed by atoms with Crippen molar-refractivity contribution in [2.45, 2.75) is 51.3 Å². The van der Waals surface area contributed by atoms with Crippen LogP contribution in [0.1, 0.15) is 33.6 Å². The van der Waals surface area contributed by atoms with Crippen LogP contribution < -0.4 is 0 Å². The van der Waals surface area contributed by atoms with Crippen molar-refractivity contribution in [3.63, 3.8) is 0 Å². The van der Waals surface area contributed by atoms with E-state index in [9.17, 15) is 14.4 Å². The van der Waals surface area contributed by atoms with Gasteiger partial charge in [0, 0.05) is 6.42 Å². The summed E-state index contributed by atoms with van der Waals surface area (Å²) in [5.41, 5.74) is -0.664. The summed E-state index contributed by atoms with van der Waals surface area (Å²) in [7, 11) is 1.28. The number of ether oxygens (including phenoxy) is 2. The largest absolute Gasteiger partial charge is 0.467 e. The van der Waals surface area contributed by atoms with Crippen molar-refractivity contribution in [1.82, 2.24) is 4.90 Å². The monoisotopic (exact) mass is 269 g/mol. The Balaban J connectivity index is 2.22. The minimum atomic E-state index is -0.692. The molecule has 6 heteroatoms. The summed E-state index contributed by atoms with van der Waals surface area (Å²) in [5, 5.41) is 0. The van der Waals surface area contributed by atoms with Crippen molar-refractivity contribution in [3.05, 3.63) is 0 Å². The number of piperidine rings is 1. The molecule has 2 bridgehead atoms. The van der Waals surface area contributed by atoms with Crippen molar-refractivity contribution < 1.29 is 23.9 Å². The summed E-state index contributed by atoms with van der Waals surface area (Å²) >= 11 is 0. The van der Waals surface area contributed by atoms with Crippen LogP contribution in [0.2, 0.25) is 0 Å². The van der Waals surface area contributed by atoms with Crippen molar-refractivity contribution in [1.29, 1.82) is 0 Å². The SMILES string of the molecule is COC(=O)[C@@H]1C2CC(=O)C(C2)N1C(=O)OC(C)(C)C. The molecule has 6 nitrogen and oxygen atoms in total. The number of fused-ring (bicyclic) bond motifs is 2. The van der Waals surface area contributed by atoms with Crippen molar-refractivity contribution in [2.24, 2.45) is 5.92 Å². The van der Waals surface area contributed by atoms with Crippen molar-refractivity contribution in [3.8, 4) is 0 Å². The number of hydrogen-bond acceptors (Lipinski definition) is 5. The third-order valence-electron chi connectivity index (χ3n) is 3.49. The predicted octanol–water partition coefficient (Wildman–Crippen LogP) is 1.13. The second-order valence-electron chi connectivity index (χ2n) is 6.04. The molecule has 2 fully saturated rings. The topological polar surface area (TPSA) is 72.9 Å². The maximum absolute atomic E-state index is 12.2. The highest BCUT2D eigenvalue weighted by Gasteiger charge is 2.57. The smallest absolute Gasteiger partial charge is 0.411 e. The number of ketones is 1. The first kappa shape index (κ1) is 13.8. The fraction of sp³-hybridized carbons (Fsp3) is 0.769. The van der Waals surface area contributed by atoms with Gasteiger partial charge in [-0.1, -0.05) is 0 Å². The molecule has 0 radical (unpaired) electrons. The summed E-state index contributed by atoms with van der Waals surface area (Å²) in [4.78, 5) is 37.0. The Bertz CT molecular complexity index is 425. The Morgan fingerprint density at radius 1 is 1.32 bits per heavy atom. The summed E-state index contributed by atoms with van der Waals surface area (Å²) in [5.74, 6) is -0.626. The van der Waals surface area contributed by atoms with E-state index in [4.69, 9.17) is 9.47 Å².